The summed E-state index contributed by atoms with van der Waals surface area (Å²) in [7, 11) is 1.30. The lowest BCUT2D eigenvalue weighted by Gasteiger charge is -2.25. The molecule has 0 bridgehead atoms. The number of rotatable bonds is 8. The summed E-state index contributed by atoms with van der Waals surface area (Å²) >= 11 is 1.14. The van der Waals surface area contributed by atoms with Crippen LogP contribution < -0.4 is 19.8 Å². The first-order chi connectivity index (χ1) is 20.2. The minimum atomic E-state index is -0.870. The summed E-state index contributed by atoms with van der Waals surface area (Å²) in [6, 6.07) is 13.2. The number of aromatic nitrogens is 1. The Balaban J connectivity index is 1.73. The van der Waals surface area contributed by atoms with Gasteiger partial charge in [0.15, 0.2) is 4.80 Å². The van der Waals surface area contributed by atoms with Crippen molar-refractivity contribution in [3.63, 3.8) is 0 Å². The Morgan fingerprint density at radius 1 is 1.05 bits per heavy atom. The van der Waals surface area contributed by atoms with E-state index in [0.29, 0.717) is 39.3 Å². The van der Waals surface area contributed by atoms with Crippen molar-refractivity contribution in [2.75, 3.05) is 25.2 Å². The topological polar surface area (TPSA) is 107 Å². The molecule has 1 atom stereocenters. The number of allylic oxidation sites excluding steroid dienone is 1. The second-order valence-electron chi connectivity index (χ2n) is 10.7. The maximum Gasteiger partial charge on any atom is 0.338 e. The molecule has 0 N–H and O–H groups in total. The van der Waals surface area contributed by atoms with Crippen molar-refractivity contribution in [3.05, 3.63) is 96.2 Å². The molecule has 0 saturated heterocycles. The van der Waals surface area contributed by atoms with Crippen molar-refractivity contribution in [3.8, 4) is 0 Å². The van der Waals surface area contributed by atoms with Crippen LogP contribution in [0.25, 0.3) is 5.57 Å². The molecule has 218 valence electrons. The fourth-order valence-corrected chi connectivity index (χ4v) is 6.36. The Labute approximate surface area is 247 Å². The van der Waals surface area contributed by atoms with Crippen LogP contribution in [0.1, 0.15) is 68.1 Å². The highest BCUT2D eigenvalue weighted by Crippen LogP contribution is 2.36. The molecule has 0 fully saturated rings. The predicted octanol–water partition coefficient (Wildman–Crippen LogP) is 3.74. The third-order valence-electron chi connectivity index (χ3n) is 7.30. The van der Waals surface area contributed by atoms with Crippen molar-refractivity contribution in [1.82, 2.24) is 4.57 Å². The molecular weight excluding hydrogens is 554 g/mol. The molecule has 0 aliphatic carbocycles. The molecule has 0 radical (unpaired) electrons. The zero-order valence-electron chi connectivity index (χ0n) is 24.3. The SMILES string of the molecule is CCCCN1C(=O)C(=c2sc3n(c2=O)C(c2ccc(C(=O)OC)cc2)C(C(=O)OCC(C)C)=C(C)N=3)c2ccccc21. The largest absolute Gasteiger partial charge is 0.465 e. The van der Waals surface area contributed by atoms with E-state index in [1.54, 1.807) is 36.1 Å². The number of amides is 1. The summed E-state index contributed by atoms with van der Waals surface area (Å²) < 4.78 is 12.2. The Kier molecular flexibility index (Phi) is 8.27. The molecule has 1 aromatic heterocycles. The van der Waals surface area contributed by atoms with Crippen LogP contribution >= 0.6 is 11.3 Å². The van der Waals surface area contributed by atoms with Gasteiger partial charge in [0, 0.05) is 12.1 Å². The Morgan fingerprint density at radius 3 is 2.43 bits per heavy atom. The quantitative estimate of drug-likeness (QED) is 0.372. The molecule has 2 aromatic carbocycles. The van der Waals surface area contributed by atoms with E-state index in [1.807, 2.05) is 38.1 Å². The number of esters is 2. The summed E-state index contributed by atoms with van der Waals surface area (Å²) in [6.45, 7) is 8.41. The molecule has 0 spiro atoms. The van der Waals surface area contributed by atoms with Gasteiger partial charge in [0.2, 0.25) is 0 Å². The molecule has 42 heavy (non-hydrogen) atoms. The maximum atomic E-state index is 14.3. The van der Waals surface area contributed by atoms with Gasteiger partial charge in [0.25, 0.3) is 11.5 Å². The van der Waals surface area contributed by atoms with Gasteiger partial charge in [-0.05, 0) is 43.0 Å². The van der Waals surface area contributed by atoms with Gasteiger partial charge in [0.1, 0.15) is 4.53 Å². The highest BCUT2D eigenvalue weighted by atomic mass is 32.1. The molecule has 3 aromatic rings. The summed E-state index contributed by atoms with van der Waals surface area (Å²) in [5, 5.41) is 0. The lowest BCUT2D eigenvalue weighted by atomic mass is 9.95. The van der Waals surface area contributed by atoms with Crippen LogP contribution in [0.15, 0.2) is 69.6 Å². The lowest BCUT2D eigenvalue weighted by Crippen LogP contribution is -2.41. The average molecular weight is 588 g/mol. The van der Waals surface area contributed by atoms with E-state index in [-0.39, 0.29) is 28.5 Å². The van der Waals surface area contributed by atoms with Gasteiger partial charge in [-0.3, -0.25) is 14.2 Å². The van der Waals surface area contributed by atoms with Gasteiger partial charge in [-0.1, -0.05) is 68.9 Å². The van der Waals surface area contributed by atoms with Crippen LogP contribution in [0.5, 0.6) is 0 Å². The zero-order valence-corrected chi connectivity index (χ0v) is 25.1. The van der Waals surface area contributed by atoms with E-state index >= 15 is 0 Å². The average Bonchev–Trinajstić information content (AvgIpc) is 3.45. The Bertz CT molecular complexity index is 1780. The van der Waals surface area contributed by atoms with E-state index < -0.39 is 23.5 Å². The van der Waals surface area contributed by atoms with Gasteiger partial charge in [-0.15, -0.1) is 0 Å². The molecule has 5 rings (SSSR count). The number of nitrogens with zero attached hydrogens (tertiary/aromatic N) is 3. The Hall–Kier alpha value is -4.31. The number of carbonyl (C=O) groups is 3. The van der Waals surface area contributed by atoms with Crippen molar-refractivity contribution >= 4 is 40.4 Å². The predicted molar refractivity (Wildman–Crippen MR) is 160 cm³/mol. The molecule has 9 nitrogen and oxygen atoms in total. The molecule has 1 unspecified atom stereocenters. The van der Waals surface area contributed by atoms with Gasteiger partial charge in [-0.2, -0.15) is 0 Å². The number of thiazole rings is 1. The summed E-state index contributed by atoms with van der Waals surface area (Å²) in [4.78, 5) is 60.4. The number of benzene rings is 2. The highest BCUT2D eigenvalue weighted by molar-refractivity contribution is 7.07. The van der Waals surface area contributed by atoms with Crippen LogP contribution in [0.2, 0.25) is 0 Å². The van der Waals surface area contributed by atoms with Crippen LogP contribution in [0, 0.1) is 5.92 Å². The number of methoxy groups -OCH3 is 1. The first-order valence-electron chi connectivity index (χ1n) is 14.0. The van der Waals surface area contributed by atoms with E-state index in [2.05, 4.69) is 11.9 Å². The molecule has 10 heteroatoms. The molecule has 3 heterocycles. The van der Waals surface area contributed by atoms with Crippen molar-refractivity contribution in [1.29, 1.82) is 0 Å². The third-order valence-corrected chi connectivity index (χ3v) is 8.35. The minimum absolute atomic E-state index is 0.111. The number of anilines is 1. The molecule has 1 amide bonds. The van der Waals surface area contributed by atoms with E-state index in [9.17, 15) is 19.2 Å². The van der Waals surface area contributed by atoms with Crippen LogP contribution in [0.3, 0.4) is 0 Å². The fourth-order valence-electron chi connectivity index (χ4n) is 5.23. The number of hydrogen-bond donors (Lipinski definition) is 0. The minimum Gasteiger partial charge on any atom is -0.465 e. The van der Waals surface area contributed by atoms with Crippen molar-refractivity contribution < 1.29 is 23.9 Å². The molecule has 0 saturated carbocycles. The van der Waals surface area contributed by atoms with Crippen LogP contribution in [-0.2, 0) is 19.1 Å². The molecular formula is C32H33N3O6S. The van der Waals surface area contributed by atoms with Gasteiger partial charge >= 0.3 is 11.9 Å². The maximum absolute atomic E-state index is 14.3. The lowest BCUT2D eigenvalue weighted by molar-refractivity contribution is -0.140. The summed E-state index contributed by atoms with van der Waals surface area (Å²) in [5.74, 6) is -1.18. The number of fused-ring (bicyclic) bond motifs is 2. The van der Waals surface area contributed by atoms with Crippen molar-refractivity contribution in [2.45, 2.75) is 46.6 Å². The number of ether oxygens (including phenoxy) is 2. The van der Waals surface area contributed by atoms with Gasteiger partial charge < -0.3 is 14.4 Å². The first-order valence-corrected chi connectivity index (χ1v) is 14.8. The summed E-state index contributed by atoms with van der Waals surface area (Å²) in [5.41, 5.74) is 2.98. The normalized spacial score (nSPS) is 17.2. The highest BCUT2D eigenvalue weighted by Gasteiger charge is 2.37. The Morgan fingerprint density at radius 2 is 1.76 bits per heavy atom. The fraction of sp³-hybridized carbons (Fsp3) is 0.344. The van der Waals surface area contributed by atoms with Crippen LogP contribution in [-0.4, -0.2) is 42.7 Å². The third kappa shape index (κ3) is 5.11. The standard InChI is InChI=1S/C32H33N3O6S/c1-6-7-16-34-23-11-9-8-10-22(23)25(28(34)36)27-29(37)35-26(20-12-14-21(15-13-20)30(38)40-5)24(19(4)33-32(35)42-27)31(39)41-17-18(2)3/h8-15,18,26H,6-7,16-17H2,1-5H3. The second kappa shape index (κ2) is 11.9. The second-order valence-corrected chi connectivity index (χ2v) is 11.7. The van der Waals surface area contributed by atoms with Crippen LogP contribution in [0.4, 0.5) is 5.69 Å². The van der Waals surface area contributed by atoms with Gasteiger partial charge in [-0.25, -0.2) is 14.6 Å². The summed E-state index contributed by atoms with van der Waals surface area (Å²) in [6.07, 6.45) is 1.75. The monoisotopic (exact) mass is 587 g/mol. The van der Waals surface area contributed by atoms with E-state index in [1.165, 1.54) is 11.7 Å². The first kappa shape index (κ1) is 29.2. The molecule has 2 aliphatic rings. The van der Waals surface area contributed by atoms with E-state index in [4.69, 9.17) is 9.47 Å². The van der Waals surface area contributed by atoms with Gasteiger partial charge in [0.05, 0.1) is 47.9 Å². The number of carbonyl (C=O) groups excluding carboxylic acids is 3. The zero-order chi connectivity index (χ0) is 30.1. The smallest absolute Gasteiger partial charge is 0.338 e. The number of hydrogen-bond acceptors (Lipinski definition) is 8. The number of unbranched alkanes of at least 4 members (excludes halogenated alkanes) is 1. The van der Waals surface area contributed by atoms with E-state index in [0.717, 1.165) is 29.9 Å². The van der Waals surface area contributed by atoms with Crippen molar-refractivity contribution in [2.24, 2.45) is 10.9 Å². The molecule has 2 aliphatic heterocycles. The number of para-hydroxylation sites is 1.